The van der Waals surface area contributed by atoms with Gasteiger partial charge < -0.3 is 20.8 Å². The molecule has 16 heavy (non-hydrogen) atoms. The predicted molar refractivity (Wildman–Crippen MR) is 64.1 cm³/mol. The lowest BCUT2D eigenvalue weighted by Crippen LogP contribution is -2.29. The molecular formula is C12H20N2O2. The number of hydrogen-bond donors (Lipinski definition) is 4. The van der Waals surface area contributed by atoms with E-state index in [1.165, 1.54) is 0 Å². The molecule has 0 bridgehead atoms. The number of nitrogens with one attached hydrogen (secondary N) is 2. The Kier molecular flexibility index (Phi) is 5.42. The Hall–Kier alpha value is -0.940. The van der Waals surface area contributed by atoms with E-state index in [0.717, 1.165) is 17.7 Å². The van der Waals surface area contributed by atoms with E-state index in [2.05, 4.69) is 10.6 Å². The van der Waals surface area contributed by atoms with E-state index >= 15 is 0 Å². The molecule has 0 aliphatic heterocycles. The Balaban J connectivity index is 2.65. The summed E-state index contributed by atoms with van der Waals surface area (Å²) < 4.78 is 0. The summed E-state index contributed by atoms with van der Waals surface area (Å²) in [7, 11) is 3.63. The molecule has 0 aliphatic rings. The third-order valence-electron chi connectivity index (χ3n) is 2.48. The third kappa shape index (κ3) is 3.57. The quantitative estimate of drug-likeness (QED) is 0.550. The van der Waals surface area contributed by atoms with E-state index in [1.54, 1.807) is 7.05 Å². The molecule has 0 aromatic heterocycles. The lowest BCUT2D eigenvalue weighted by molar-refractivity contribution is 0.0202. The van der Waals surface area contributed by atoms with Gasteiger partial charge in [-0.1, -0.05) is 24.3 Å². The molecule has 0 amide bonds. The molecule has 0 saturated carbocycles. The normalized spacial score (nSPS) is 14.8. The van der Waals surface area contributed by atoms with Crippen molar-refractivity contribution >= 4 is 0 Å². The van der Waals surface area contributed by atoms with Gasteiger partial charge in [-0.05, 0) is 25.2 Å². The molecule has 4 heteroatoms. The van der Waals surface area contributed by atoms with Crippen LogP contribution in [0.5, 0.6) is 0 Å². The van der Waals surface area contributed by atoms with Crippen molar-refractivity contribution < 1.29 is 10.2 Å². The van der Waals surface area contributed by atoms with Crippen LogP contribution in [0.1, 0.15) is 17.2 Å². The van der Waals surface area contributed by atoms with Gasteiger partial charge in [-0.25, -0.2) is 0 Å². The van der Waals surface area contributed by atoms with Gasteiger partial charge in [0.05, 0.1) is 6.10 Å². The summed E-state index contributed by atoms with van der Waals surface area (Å²) in [6.45, 7) is 1.18. The fourth-order valence-corrected chi connectivity index (χ4v) is 1.58. The molecule has 1 aromatic carbocycles. The summed E-state index contributed by atoms with van der Waals surface area (Å²) in [5.74, 6) is 0. The largest absolute Gasteiger partial charge is 0.389 e. The number of likely N-dealkylation sites (N-methyl/N-ethyl adjacent to an activating group) is 1. The first-order chi connectivity index (χ1) is 7.69. The molecular weight excluding hydrogens is 204 g/mol. The van der Waals surface area contributed by atoms with Crippen LogP contribution in [0.2, 0.25) is 0 Å². The van der Waals surface area contributed by atoms with E-state index in [0.29, 0.717) is 6.54 Å². The minimum Gasteiger partial charge on any atom is -0.389 e. The first kappa shape index (κ1) is 13.1. The molecule has 0 radical (unpaired) electrons. The summed E-state index contributed by atoms with van der Waals surface area (Å²) >= 11 is 0. The van der Waals surface area contributed by atoms with E-state index in [1.807, 2.05) is 31.3 Å². The van der Waals surface area contributed by atoms with E-state index in [9.17, 15) is 10.2 Å². The number of aliphatic hydroxyl groups is 2. The predicted octanol–water partition coefficient (Wildman–Crippen LogP) is 0.0197. The SMILES string of the molecule is CNCc1ccc(C(O)C(O)CNC)cc1. The molecule has 0 saturated heterocycles. The summed E-state index contributed by atoms with van der Waals surface area (Å²) in [6, 6.07) is 7.58. The number of hydrogen-bond acceptors (Lipinski definition) is 4. The lowest BCUT2D eigenvalue weighted by Gasteiger charge is -2.18. The third-order valence-corrected chi connectivity index (χ3v) is 2.48. The van der Waals surface area contributed by atoms with Crippen LogP contribution in [0.25, 0.3) is 0 Å². The Morgan fingerprint density at radius 3 is 2.19 bits per heavy atom. The second-order valence-corrected chi connectivity index (χ2v) is 3.84. The topological polar surface area (TPSA) is 64.5 Å². The Morgan fingerprint density at radius 1 is 1.06 bits per heavy atom. The molecule has 0 heterocycles. The van der Waals surface area contributed by atoms with Crippen LogP contribution in [0.4, 0.5) is 0 Å². The molecule has 90 valence electrons. The van der Waals surface area contributed by atoms with Gasteiger partial charge in [-0.2, -0.15) is 0 Å². The molecule has 0 fully saturated rings. The van der Waals surface area contributed by atoms with Crippen molar-refractivity contribution in [2.24, 2.45) is 0 Å². The highest BCUT2D eigenvalue weighted by Crippen LogP contribution is 2.17. The molecule has 1 aromatic rings. The van der Waals surface area contributed by atoms with Crippen molar-refractivity contribution in [2.75, 3.05) is 20.6 Å². The molecule has 4 nitrogen and oxygen atoms in total. The van der Waals surface area contributed by atoms with Crippen molar-refractivity contribution in [2.45, 2.75) is 18.8 Å². The highest BCUT2D eigenvalue weighted by Gasteiger charge is 2.16. The first-order valence-electron chi connectivity index (χ1n) is 5.43. The van der Waals surface area contributed by atoms with Gasteiger partial charge in [0, 0.05) is 13.1 Å². The fourth-order valence-electron chi connectivity index (χ4n) is 1.58. The van der Waals surface area contributed by atoms with E-state index < -0.39 is 12.2 Å². The maximum atomic E-state index is 9.84. The summed E-state index contributed by atoms with van der Waals surface area (Å²) in [5.41, 5.74) is 1.89. The van der Waals surface area contributed by atoms with Gasteiger partial charge in [0.2, 0.25) is 0 Å². The maximum Gasteiger partial charge on any atom is 0.106 e. The average Bonchev–Trinajstić information content (AvgIpc) is 2.30. The summed E-state index contributed by atoms with van der Waals surface area (Å²) in [5, 5.41) is 25.3. The zero-order valence-corrected chi connectivity index (χ0v) is 9.77. The summed E-state index contributed by atoms with van der Waals surface area (Å²) in [6.07, 6.45) is -1.61. The number of aliphatic hydroxyl groups excluding tert-OH is 2. The van der Waals surface area contributed by atoms with Crippen molar-refractivity contribution in [1.29, 1.82) is 0 Å². The Morgan fingerprint density at radius 2 is 1.69 bits per heavy atom. The van der Waals surface area contributed by atoms with Crippen molar-refractivity contribution in [1.82, 2.24) is 10.6 Å². The van der Waals surface area contributed by atoms with Crippen LogP contribution in [0.15, 0.2) is 24.3 Å². The van der Waals surface area contributed by atoms with Crippen LogP contribution < -0.4 is 10.6 Å². The zero-order chi connectivity index (χ0) is 12.0. The minimum atomic E-state index is -0.837. The van der Waals surface area contributed by atoms with Gasteiger partial charge in [-0.3, -0.25) is 0 Å². The molecule has 4 N–H and O–H groups in total. The molecule has 2 atom stereocenters. The van der Waals surface area contributed by atoms with Crippen molar-refractivity contribution in [3.05, 3.63) is 35.4 Å². The molecule has 0 aliphatic carbocycles. The van der Waals surface area contributed by atoms with Crippen LogP contribution >= 0.6 is 0 Å². The average molecular weight is 224 g/mol. The van der Waals surface area contributed by atoms with Crippen LogP contribution in [0, 0.1) is 0 Å². The van der Waals surface area contributed by atoms with Crippen LogP contribution in [-0.2, 0) is 6.54 Å². The van der Waals surface area contributed by atoms with E-state index in [4.69, 9.17) is 0 Å². The van der Waals surface area contributed by atoms with Gasteiger partial charge in [0.25, 0.3) is 0 Å². The molecule has 1 rings (SSSR count). The van der Waals surface area contributed by atoms with Crippen LogP contribution in [-0.4, -0.2) is 37.0 Å². The second kappa shape index (κ2) is 6.60. The van der Waals surface area contributed by atoms with Gasteiger partial charge in [-0.15, -0.1) is 0 Å². The summed E-state index contributed by atoms with van der Waals surface area (Å²) in [4.78, 5) is 0. The zero-order valence-electron chi connectivity index (χ0n) is 9.77. The van der Waals surface area contributed by atoms with Gasteiger partial charge >= 0.3 is 0 Å². The van der Waals surface area contributed by atoms with Gasteiger partial charge in [0.15, 0.2) is 0 Å². The lowest BCUT2D eigenvalue weighted by atomic mass is 10.0. The Labute approximate surface area is 96.3 Å². The first-order valence-corrected chi connectivity index (χ1v) is 5.43. The van der Waals surface area contributed by atoms with Crippen molar-refractivity contribution in [3.8, 4) is 0 Å². The Bertz CT molecular complexity index is 300. The molecule has 2 unspecified atom stereocenters. The number of rotatable bonds is 6. The van der Waals surface area contributed by atoms with Crippen LogP contribution in [0.3, 0.4) is 0 Å². The smallest absolute Gasteiger partial charge is 0.106 e. The van der Waals surface area contributed by atoms with Gasteiger partial charge in [0.1, 0.15) is 6.10 Å². The monoisotopic (exact) mass is 224 g/mol. The maximum absolute atomic E-state index is 9.84. The standard InChI is InChI=1S/C12H20N2O2/c1-13-7-9-3-5-10(6-4-9)12(16)11(15)8-14-2/h3-6,11-16H,7-8H2,1-2H3. The fraction of sp³-hybridized carbons (Fsp3) is 0.500. The number of benzene rings is 1. The minimum absolute atomic E-state index is 0.374. The second-order valence-electron chi connectivity index (χ2n) is 3.84. The molecule has 0 spiro atoms. The van der Waals surface area contributed by atoms with Crippen molar-refractivity contribution in [3.63, 3.8) is 0 Å². The van der Waals surface area contributed by atoms with E-state index in [-0.39, 0.29) is 0 Å². The highest BCUT2D eigenvalue weighted by atomic mass is 16.3. The highest BCUT2D eigenvalue weighted by molar-refractivity contribution is 5.24.